The van der Waals surface area contributed by atoms with Gasteiger partial charge in [0.05, 0.1) is 6.61 Å². The highest BCUT2D eigenvalue weighted by atomic mass is 16.3. The van der Waals surface area contributed by atoms with Crippen molar-refractivity contribution >= 4 is 5.82 Å². The van der Waals surface area contributed by atoms with Crippen LogP contribution in [0, 0.1) is 0 Å². The molecule has 0 fully saturated rings. The van der Waals surface area contributed by atoms with Gasteiger partial charge in [-0.05, 0) is 6.07 Å². The van der Waals surface area contributed by atoms with E-state index in [1.54, 1.807) is 6.20 Å². The third-order valence-electron chi connectivity index (χ3n) is 1.53. The van der Waals surface area contributed by atoms with E-state index in [0.29, 0.717) is 18.9 Å². The van der Waals surface area contributed by atoms with Crippen molar-refractivity contribution in [3.05, 3.63) is 23.9 Å². The number of aliphatic hydroxyl groups excluding tert-OH is 1. The summed E-state index contributed by atoms with van der Waals surface area (Å²) >= 11 is 0. The first kappa shape index (κ1) is 8.96. The van der Waals surface area contributed by atoms with Crippen LogP contribution in [0.15, 0.2) is 18.3 Å². The SMILES string of the molecule is Nc1ncccc1CNCCO. The van der Waals surface area contributed by atoms with Gasteiger partial charge in [-0.1, -0.05) is 6.07 Å². The lowest BCUT2D eigenvalue weighted by molar-refractivity contribution is 0.292. The molecular formula is C8H13N3O. The quantitative estimate of drug-likeness (QED) is 0.540. The summed E-state index contributed by atoms with van der Waals surface area (Å²) in [4.78, 5) is 3.93. The van der Waals surface area contributed by atoms with Crippen molar-refractivity contribution < 1.29 is 5.11 Å². The lowest BCUT2D eigenvalue weighted by atomic mass is 10.2. The number of nitrogen functional groups attached to an aromatic ring is 1. The normalized spacial score (nSPS) is 10.1. The van der Waals surface area contributed by atoms with E-state index in [2.05, 4.69) is 10.3 Å². The maximum absolute atomic E-state index is 8.50. The molecule has 0 atom stereocenters. The van der Waals surface area contributed by atoms with Crippen molar-refractivity contribution in [3.63, 3.8) is 0 Å². The van der Waals surface area contributed by atoms with Gasteiger partial charge in [0.1, 0.15) is 5.82 Å². The highest BCUT2D eigenvalue weighted by Gasteiger charge is 1.96. The molecular weight excluding hydrogens is 154 g/mol. The molecule has 4 N–H and O–H groups in total. The average Bonchev–Trinajstić information content (AvgIpc) is 2.09. The highest BCUT2D eigenvalue weighted by molar-refractivity contribution is 5.38. The summed E-state index contributed by atoms with van der Waals surface area (Å²) in [5.41, 5.74) is 6.55. The van der Waals surface area contributed by atoms with Gasteiger partial charge in [-0.15, -0.1) is 0 Å². The molecule has 4 heteroatoms. The minimum atomic E-state index is 0.139. The topological polar surface area (TPSA) is 71.2 Å². The molecule has 66 valence electrons. The van der Waals surface area contributed by atoms with E-state index in [0.717, 1.165) is 5.56 Å². The summed E-state index contributed by atoms with van der Waals surface area (Å²) in [5.74, 6) is 0.544. The fourth-order valence-electron chi connectivity index (χ4n) is 0.902. The Kier molecular flexibility index (Phi) is 3.50. The second-order valence-corrected chi connectivity index (χ2v) is 2.45. The lowest BCUT2D eigenvalue weighted by Crippen LogP contribution is -2.18. The molecule has 0 unspecified atom stereocenters. The Labute approximate surface area is 71.4 Å². The van der Waals surface area contributed by atoms with Crippen molar-refractivity contribution in [2.75, 3.05) is 18.9 Å². The monoisotopic (exact) mass is 167 g/mol. The van der Waals surface area contributed by atoms with Gasteiger partial charge < -0.3 is 16.2 Å². The van der Waals surface area contributed by atoms with Gasteiger partial charge in [-0.3, -0.25) is 0 Å². The Balaban J connectivity index is 2.46. The first-order valence-electron chi connectivity index (χ1n) is 3.85. The van der Waals surface area contributed by atoms with Gasteiger partial charge in [0.15, 0.2) is 0 Å². The molecule has 0 amide bonds. The number of hydrogen-bond donors (Lipinski definition) is 3. The van der Waals surface area contributed by atoms with Gasteiger partial charge in [0.25, 0.3) is 0 Å². The fourth-order valence-corrected chi connectivity index (χ4v) is 0.902. The van der Waals surface area contributed by atoms with E-state index in [4.69, 9.17) is 10.8 Å². The second-order valence-electron chi connectivity index (χ2n) is 2.45. The Morgan fingerprint density at radius 2 is 2.42 bits per heavy atom. The molecule has 0 bridgehead atoms. The lowest BCUT2D eigenvalue weighted by Gasteiger charge is -2.04. The van der Waals surface area contributed by atoms with Crippen LogP contribution in [0.4, 0.5) is 5.82 Å². The standard InChI is InChI=1S/C8H13N3O/c9-8-7(2-1-3-11-8)6-10-4-5-12/h1-3,10,12H,4-6H2,(H2,9,11). The number of nitrogens with zero attached hydrogens (tertiary/aromatic N) is 1. The van der Waals surface area contributed by atoms with Crippen molar-refractivity contribution in [2.45, 2.75) is 6.54 Å². The van der Waals surface area contributed by atoms with Crippen molar-refractivity contribution in [3.8, 4) is 0 Å². The molecule has 1 aromatic rings. The summed E-state index contributed by atoms with van der Waals surface area (Å²) in [7, 11) is 0. The summed E-state index contributed by atoms with van der Waals surface area (Å²) in [6, 6.07) is 3.75. The van der Waals surface area contributed by atoms with Crippen LogP contribution >= 0.6 is 0 Å². The molecule has 1 aromatic heterocycles. The van der Waals surface area contributed by atoms with E-state index in [-0.39, 0.29) is 6.61 Å². The first-order valence-corrected chi connectivity index (χ1v) is 3.85. The van der Waals surface area contributed by atoms with Crippen LogP contribution in [0.3, 0.4) is 0 Å². The van der Waals surface area contributed by atoms with Crippen LogP contribution < -0.4 is 11.1 Å². The minimum Gasteiger partial charge on any atom is -0.395 e. The van der Waals surface area contributed by atoms with Crippen molar-refractivity contribution in [2.24, 2.45) is 0 Å². The second kappa shape index (κ2) is 4.69. The number of anilines is 1. The van der Waals surface area contributed by atoms with E-state index in [9.17, 15) is 0 Å². The predicted octanol–water partition coefficient (Wildman–Crippen LogP) is -0.254. The molecule has 0 saturated heterocycles. The molecule has 0 aromatic carbocycles. The van der Waals surface area contributed by atoms with E-state index in [1.807, 2.05) is 12.1 Å². The van der Waals surface area contributed by atoms with Crippen LogP contribution in [-0.4, -0.2) is 23.2 Å². The number of aromatic nitrogens is 1. The summed E-state index contributed by atoms with van der Waals surface area (Å²) in [6.07, 6.45) is 1.66. The van der Waals surface area contributed by atoms with Gasteiger partial charge in [0, 0.05) is 24.8 Å². The van der Waals surface area contributed by atoms with Crippen LogP contribution in [0.2, 0.25) is 0 Å². The maximum atomic E-state index is 8.50. The van der Waals surface area contributed by atoms with Crippen LogP contribution in [0.25, 0.3) is 0 Å². The van der Waals surface area contributed by atoms with Gasteiger partial charge in [-0.2, -0.15) is 0 Å². The van der Waals surface area contributed by atoms with Crippen LogP contribution in [0.5, 0.6) is 0 Å². The van der Waals surface area contributed by atoms with Gasteiger partial charge >= 0.3 is 0 Å². The zero-order chi connectivity index (χ0) is 8.81. The number of nitrogens with two attached hydrogens (primary N) is 1. The Morgan fingerprint density at radius 1 is 1.58 bits per heavy atom. The molecule has 12 heavy (non-hydrogen) atoms. The summed E-state index contributed by atoms with van der Waals surface area (Å²) < 4.78 is 0. The van der Waals surface area contributed by atoms with Gasteiger partial charge in [-0.25, -0.2) is 4.98 Å². The van der Waals surface area contributed by atoms with E-state index >= 15 is 0 Å². The molecule has 4 nitrogen and oxygen atoms in total. The average molecular weight is 167 g/mol. The third kappa shape index (κ3) is 2.48. The molecule has 0 spiro atoms. The zero-order valence-electron chi connectivity index (χ0n) is 6.83. The largest absolute Gasteiger partial charge is 0.395 e. The minimum absolute atomic E-state index is 0.139. The van der Waals surface area contributed by atoms with Crippen molar-refractivity contribution in [1.82, 2.24) is 10.3 Å². The molecule has 0 aliphatic carbocycles. The molecule has 0 radical (unpaired) electrons. The van der Waals surface area contributed by atoms with Crippen LogP contribution in [-0.2, 0) is 6.54 Å². The molecule has 0 aliphatic rings. The molecule has 0 saturated carbocycles. The number of nitrogens with one attached hydrogen (secondary N) is 1. The Bertz CT molecular complexity index is 239. The Morgan fingerprint density at radius 3 is 3.08 bits per heavy atom. The number of rotatable bonds is 4. The summed E-state index contributed by atoms with van der Waals surface area (Å²) in [6.45, 7) is 1.37. The number of hydrogen-bond acceptors (Lipinski definition) is 4. The molecule has 1 heterocycles. The van der Waals surface area contributed by atoms with Crippen LogP contribution in [0.1, 0.15) is 5.56 Å². The smallest absolute Gasteiger partial charge is 0.127 e. The first-order chi connectivity index (χ1) is 5.84. The molecule has 1 rings (SSSR count). The van der Waals surface area contributed by atoms with E-state index in [1.165, 1.54) is 0 Å². The third-order valence-corrected chi connectivity index (χ3v) is 1.53. The number of pyridine rings is 1. The fraction of sp³-hybridized carbons (Fsp3) is 0.375. The maximum Gasteiger partial charge on any atom is 0.127 e. The Hall–Kier alpha value is -1.13. The highest BCUT2D eigenvalue weighted by Crippen LogP contribution is 2.05. The van der Waals surface area contributed by atoms with Crippen molar-refractivity contribution in [1.29, 1.82) is 0 Å². The zero-order valence-corrected chi connectivity index (χ0v) is 6.83. The number of aliphatic hydroxyl groups is 1. The van der Waals surface area contributed by atoms with E-state index < -0.39 is 0 Å². The summed E-state index contributed by atoms with van der Waals surface area (Å²) in [5, 5.41) is 11.5. The predicted molar refractivity (Wildman–Crippen MR) is 47.4 cm³/mol. The van der Waals surface area contributed by atoms with Gasteiger partial charge in [0.2, 0.25) is 0 Å². The molecule has 0 aliphatic heterocycles.